The highest BCUT2D eigenvalue weighted by atomic mass is 32.1. The van der Waals surface area contributed by atoms with Gasteiger partial charge >= 0.3 is 0 Å². The number of benzene rings is 4. The first-order chi connectivity index (χ1) is 26.8. The molecule has 11 rings (SSSR count). The highest BCUT2D eigenvalue weighted by Gasteiger charge is 2.53. The highest BCUT2D eigenvalue weighted by molar-refractivity contribution is 7.21. The third-order valence-corrected chi connectivity index (χ3v) is 12.6. The summed E-state index contributed by atoms with van der Waals surface area (Å²) in [5.74, 6) is 1.62. The number of thiophene rings is 2. The molecule has 2 aliphatic rings. The molecule has 0 unspecified atom stereocenters. The number of aromatic nitrogens is 4. The average molecular weight is 728 g/mol. The summed E-state index contributed by atoms with van der Waals surface area (Å²) in [5, 5.41) is 4.47. The van der Waals surface area contributed by atoms with Crippen molar-refractivity contribution in [1.82, 2.24) is 19.9 Å². The molecule has 0 saturated carbocycles. The molecule has 254 valence electrons. The number of hydrogen-bond acceptors (Lipinski definition) is 7. The molecular formula is C47H29N5S2. The number of anilines is 3. The van der Waals surface area contributed by atoms with Crippen molar-refractivity contribution < 1.29 is 0 Å². The summed E-state index contributed by atoms with van der Waals surface area (Å²) in [6.45, 7) is 0. The van der Waals surface area contributed by atoms with Crippen LogP contribution >= 0.6 is 22.7 Å². The summed E-state index contributed by atoms with van der Waals surface area (Å²) < 4.78 is 0. The lowest BCUT2D eigenvalue weighted by Gasteiger charge is -2.43. The van der Waals surface area contributed by atoms with E-state index < -0.39 is 5.41 Å². The molecule has 6 heterocycles. The van der Waals surface area contributed by atoms with E-state index in [-0.39, 0.29) is 0 Å². The van der Waals surface area contributed by atoms with Gasteiger partial charge in [0, 0.05) is 55.7 Å². The van der Waals surface area contributed by atoms with Crippen LogP contribution in [0.2, 0.25) is 0 Å². The number of nitrogens with zero attached hydrogens (tertiary/aromatic N) is 5. The monoisotopic (exact) mass is 727 g/mol. The molecule has 0 saturated heterocycles. The van der Waals surface area contributed by atoms with Crippen molar-refractivity contribution in [3.8, 4) is 54.9 Å². The van der Waals surface area contributed by atoms with Crippen LogP contribution in [-0.2, 0) is 5.41 Å². The molecule has 0 N–H and O–H groups in total. The minimum atomic E-state index is -0.414. The third kappa shape index (κ3) is 4.62. The van der Waals surface area contributed by atoms with Crippen molar-refractivity contribution in [2.24, 2.45) is 0 Å². The Morgan fingerprint density at radius 2 is 1.04 bits per heavy atom. The molecule has 1 aliphatic carbocycles. The van der Waals surface area contributed by atoms with Crippen LogP contribution < -0.4 is 4.90 Å². The van der Waals surface area contributed by atoms with Crippen LogP contribution in [0.4, 0.5) is 17.2 Å². The van der Waals surface area contributed by atoms with Gasteiger partial charge in [0.1, 0.15) is 5.82 Å². The Morgan fingerprint density at radius 1 is 0.444 bits per heavy atom. The van der Waals surface area contributed by atoms with E-state index in [0.717, 1.165) is 56.5 Å². The normalized spacial score (nSPS) is 13.3. The largest absolute Gasteiger partial charge is 0.294 e. The lowest BCUT2D eigenvalue weighted by Crippen LogP contribution is -2.36. The van der Waals surface area contributed by atoms with Gasteiger partial charge in [-0.1, -0.05) is 97.1 Å². The summed E-state index contributed by atoms with van der Waals surface area (Å²) in [5.41, 5.74) is 13.7. The van der Waals surface area contributed by atoms with E-state index in [1.54, 1.807) is 0 Å². The van der Waals surface area contributed by atoms with E-state index in [9.17, 15) is 0 Å². The van der Waals surface area contributed by atoms with Gasteiger partial charge in [-0.3, -0.25) is 9.88 Å². The van der Waals surface area contributed by atoms with E-state index in [1.807, 2.05) is 71.5 Å². The predicted octanol–water partition coefficient (Wildman–Crippen LogP) is 12.2. The fourth-order valence-electron chi connectivity index (χ4n) is 8.25. The molecule has 1 aliphatic heterocycles. The summed E-state index contributed by atoms with van der Waals surface area (Å²) in [6.07, 6.45) is 3.73. The lowest BCUT2D eigenvalue weighted by molar-refractivity contribution is 0.748. The predicted molar refractivity (Wildman–Crippen MR) is 221 cm³/mol. The zero-order valence-corrected chi connectivity index (χ0v) is 30.4. The van der Waals surface area contributed by atoms with Crippen molar-refractivity contribution in [1.29, 1.82) is 0 Å². The lowest BCUT2D eigenvalue weighted by atomic mass is 9.66. The van der Waals surface area contributed by atoms with Gasteiger partial charge in [-0.2, -0.15) is 0 Å². The van der Waals surface area contributed by atoms with Crippen LogP contribution in [0.15, 0.2) is 175 Å². The van der Waals surface area contributed by atoms with Gasteiger partial charge in [0.05, 0.1) is 28.2 Å². The molecule has 9 aromatic rings. The van der Waals surface area contributed by atoms with Gasteiger partial charge in [0.2, 0.25) is 0 Å². The first-order valence-corrected chi connectivity index (χ1v) is 19.6. The summed E-state index contributed by atoms with van der Waals surface area (Å²) in [6, 6.07) is 53.2. The molecule has 1 spiro atoms. The minimum absolute atomic E-state index is 0.414. The van der Waals surface area contributed by atoms with E-state index in [1.165, 1.54) is 32.0 Å². The van der Waals surface area contributed by atoms with Gasteiger partial charge in [0.25, 0.3) is 0 Å². The Bertz CT molecular complexity index is 2740. The maximum atomic E-state index is 5.15. The third-order valence-electron chi connectivity index (χ3n) is 10.6. The second-order valence-electron chi connectivity index (χ2n) is 13.5. The van der Waals surface area contributed by atoms with E-state index in [4.69, 9.17) is 15.0 Å². The SMILES string of the molecule is c1ccc(-c2cc(-c3ccc(N4c5ccccc5C5(c6cccnc64)c4ccsc4-c4sccc45)cc3)nc(-c3ccc(-c4ccccn4)cc3)n2)cc1. The van der Waals surface area contributed by atoms with Gasteiger partial charge < -0.3 is 0 Å². The van der Waals surface area contributed by atoms with Crippen molar-refractivity contribution in [2.45, 2.75) is 5.41 Å². The quantitative estimate of drug-likeness (QED) is 0.177. The number of para-hydroxylation sites is 1. The first kappa shape index (κ1) is 31.0. The van der Waals surface area contributed by atoms with E-state index in [2.05, 4.69) is 136 Å². The second-order valence-corrected chi connectivity index (χ2v) is 15.3. The molecule has 0 radical (unpaired) electrons. The maximum Gasteiger partial charge on any atom is 0.160 e. The Kier molecular flexibility index (Phi) is 7.05. The average Bonchev–Trinajstić information content (AvgIpc) is 3.99. The standard InChI is InChI=1S/C47H29N5S2/c1-2-9-30(10-3-1)40-29-41(51-45(50-40)33-17-15-31(16-18-33)39-13-6-7-25-48-39)32-19-21-34(22-20-32)52-42-14-5-4-11-35(42)47(38-12-8-26-49-46(38)52)36-23-27-53-43(36)44-37(47)24-28-54-44/h1-29H. The fraction of sp³-hybridized carbons (Fsp3) is 0.0213. The second kappa shape index (κ2) is 12.3. The molecule has 7 heteroatoms. The molecule has 5 nitrogen and oxygen atoms in total. The fourth-order valence-corrected chi connectivity index (χ4v) is 10.3. The summed E-state index contributed by atoms with van der Waals surface area (Å²) in [4.78, 5) is 24.9. The molecule has 0 amide bonds. The van der Waals surface area contributed by atoms with Crippen molar-refractivity contribution >= 4 is 39.9 Å². The van der Waals surface area contributed by atoms with Gasteiger partial charge in [-0.25, -0.2) is 15.0 Å². The van der Waals surface area contributed by atoms with Crippen molar-refractivity contribution in [3.05, 3.63) is 197 Å². The van der Waals surface area contributed by atoms with Crippen LogP contribution in [0.3, 0.4) is 0 Å². The minimum Gasteiger partial charge on any atom is -0.294 e. The maximum absolute atomic E-state index is 5.15. The van der Waals surface area contributed by atoms with Crippen molar-refractivity contribution in [3.63, 3.8) is 0 Å². The van der Waals surface area contributed by atoms with Gasteiger partial charge in [0.15, 0.2) is 5.82 Å². The van der Waals surface area contributed by atoms with Gasteiger partial charge in [-0.15, -0.1) is 22.7 Å². The smallest absolute Gasteiger partial charge is 0.160 e. The molecule has 0 bridgehead atoms. The van der Waals surface area contributed by atoms with Crippen molar-refractivity contribution in [2.75, 3.05) is 4.90 Å². The molecule has 4 aromatic carbocycles. The molecule has 54 heavy (non-hydrogen) atoms. The molecule has 5 aromatic heterocycles. The summed E-state index contributed by atoms with van der Waals surface area (Å²) >= 11 is 3.67. The Balaban J connectivity index is 1.02. The Hall–Kier alpha value is -6.54. The number of rotatable bonds is 5. The molecule has 0 fully saturated rings. The van der Waals surface area contributed by atoms with Crippen LogP contribution in [0.1, 0.15) is 22.3 Å². The first-order valence-electron chi connectivity index (χ1n) is 17.9. The van der Waals surface area contributed by atoms with Crippen LogP contribution in [0.5, 0.6) is 0 Å². The summed E-state index contributed by atoms with van der Waals surface area (Å²) in [7, 11) is 0. The van der Waals surface area contributed by atoms with Gasteiger partial charge in [-0.05, 0) is 82.0 Å². The number of fused-ring (bicyclic) bond motifs is 9. The topological polar surface area (TPSA) is 54.8 Å². The van der Waals surface area contributed by atoms with E-state index >= 15 is 0 Å². The Labute approximate surface area is 320 Å². The number of pyridine rings is 2. The molecule has 0 atom stereocenters. The zero-order valence-electron chi connectivity index (χ0n) is 28.8. The van der Waals surface area contributed by atoms with Crippen LogP contribution in [0, 0.1) is 0 Å². The highest BCUT2D eigenvalue weighted by Crippen LogP contribution is 2.65. The van der Waals surface area contributed by atoms with Crippen LogP contribution in [-0.4, -0.2) is 19.9 Å². The van der Waals surface area contributed by atoms with Crippen LogP contribution in [0.25, 0.3) is 54.9 Å². The zero-order chi connectivity index (χ0) is 35.6. The molecular weight excluding hydrogens is 699 g/mol. The number of hydrogen-bond donors (Lipinski definition) is 0. The Morgan fingerprint density at radius 3 is 1.76 bits per heavy atom. The van der Waals surface area contributed by atoms with E-state index in [0.29, 0.717) is 5.82 Å².